The summed E-state index contributed by atoms with van der Waals surface area (Å²) in [4.78, 5) is 10.9. The summed E-state index contributed by atoms with van der Waals surface area (Å²) in [5.74, 6) is 0.608. The first-order valence-corrected chi connectivity index (χ1v) is 5.27. The Morgan fingerprint density at radius 1 is 1.27 bits per heavy atom. The van der Waals surface area contributed by atoms with Crippen LogP contribution in [0.1, 0.15) is 25.0 Å². The Hall–Kier alpha value is -0.371. The van der Waals surface area contributed by atoms with E-state index in [1.165, 1.54) is 5.56 Å². The summed E-state index contributed by atoms with van der Waals surface area (Å²) in [6.45, 7) is 4.35. The van der Waals surface area contributed by atoms with Gasteiger partial charge in [-0.15, -0.1) is 0 Å². The van der Waals surface area contributed by atoms with Crippen LogP contribution in [-0.4, -0.2) is 5.12 Å². The molecule has 0 saturated carbocycles. The van der Waals surface area contributed by atoms with Crippen molar-refractivity contribution in [2.75, 3.05) is 0 Å². The van der Waals surface area contributed by atoms with Crippen molar-refractivity contribution in [3.8, 4) is 0 Å². The Morgan fingerprint density at radius 3 is 2.27 bits per heavy atom. The first kappa shape index (κ1) is 14.6. The number of hydrogen-bond donors (Lipinski definition) is 0. The number of benzene rings is 1. The summed E-state index contributed by atoms with van der Waals surface area (Å²) >= 11 is 4.60. The van der Waals surface area contributed by atoms with Crippen molar-refractivity contribution in [3.63, 3.8) is 0 Å². The summed E-state index contributed by atoms with van der Waals surface area (Å²) in [6, 6.07) is 8.03. The molecule has 0 heterocycles. The summed E-state index contributed by atoms with van der Waals surface area (Å²) in [7, 11) is 0. The Bertz CT molecular complexity index is 323. The van der Waals surface area contributed by atoms with Crippen LogP contribution in [0.5, 0.6) is 0 Å². The van der Waals surface area contributed by atoms with E-state index in [0.717, 1.165) is 12.0 Å². The van der Waals surface area contributed by atoms with Crippen LogP contribution in [0.3, 0.4) is 0 Å². The van der Waals surface area contributed by atoms with E-state index in [4.69, 9.17) is 0 Å². The van der Waals surface area contributed by atoms with E-state index in [-0.39, 0.29) is 22.2 Å². The fourth-order valence-corrected chi connectivity index (χ4v) is 1.68. The van der Waals surface area contributed by atoms with Crippen molar-refractivity contribution in [2.45, 2.75) is 26.7 Å². The predicted octanol–water partition coefficient (Wildman–Crippen LogP) is 2.50. The van der Waals surface area contributed by atoms with Crippen LogP contribution in [0.2, 0.25) is 0 Å². The van der Waals surface area contributed by atoms with E-state index in [1.54, 1.807) is 0 Å². The minimum Gasteiger partial charge on any atom is -0.742 e. The Balaban J connectivity index is 0.00000196. The van der Waals surface area contributed by atoms with Crippen molar-refractivity contribution in [3.05, 3.63) is 35.4 Å². The van der Waals surface area contributed by atoms with Crippen LogP contribution in [0.4, 0.5) is 0 Å². The molecule has 0 aliphatic rings. The van der Waals surface area contributed by atoms with Crippen LogP contribution in [0.15, 0.2) is 24.3 Å². The van der Waals surface area contributed by atoms with Gasteiger partial charge in [-0.3, -0.25) is 0 Å². The van der Waals surface area contributed by atoms with Gasteiger partial charge in [0.15, 0.2) is 0 Å². The van der Waals surface area contributed by atoms with Crippen molar-refractivity contribution in [1.82, 2.24) is 0 Å². The number of carbonyl (C=O) groups excluding carboxylic acids is 1. The Labute approximate surface area is 108 Å². The Morgan fingerprint density at radius 2 is 1.80 bits per heavy atom. The van der Waals surface area contributed by atoms with Gasteiger partial charge in [0.05, 0.1) is 0 Å². The van der Waals surface area contributed by atoms with Gasteiger partial charge in [-0.25, -0.2) is 0 Å². The molecule has 3 heteroatoms. The minimum atomic E-state index is -0.179. The molecule has 0 fully saturated rings. The zero-order valence-electron chi connectivity index (χ0n) is 8.97. The molecule has 0 amide bonds. The number of rotatable bonds is 4. The molecule has 15 heavy (non-hydrogen) atoms. The molecule has 0 aromatic heterocycles. The van der Waals surface area contributed by atoms with Crippen LogP contribution in [-0.2, 0) is 47.3 Å². The molecular formula is C12H15FeOS-. The average molecular weight is 263 g/mol. The topological polar surface area (TPSA) is 17.1 Å². The van der Waals surface area contributed by atoms with E-state index in [0.29, 0.717) is 12.3 Å². The molecule has 0 aliphatic carbocycles. The molecule has 84 valence electrons. The van der Waals surface area contributed by atoms with E-state index in [2.05, 4.69) is 32.5 Å². The van der Waals surface area contributed by atoms with E-state index in [1.807, 2.05) is 18.2 Å². The van der Waals surface area contributed by atoms with E-state index < -0.39 is 0 Å². The molecular weight excluding hydrogens is 248 g/mol. The number of hydrogen-bond acceptors (Lipinski definition) is 2. The van der Waals surface area contributed by atoms with Gasteiger partial charge in [0.2, 0.25) is 0 Å². The summed E-state index contributed by atoms with van der Waals surface area (Å²) in [5, 5.41) is -0.179. The zero-order chi connectivity index (χ0) is 10.6. The molecule has 1 nitrogen and oxygen atoms in total. The molecule has 0 bridgehead atoms. The van der Waals surface area contributed by atoms with Crippen molar-refractivity contribution < 1.29 is 21.9 Å². The molecule has 1 aromatic rings. The summed E-state index contributed by atoms with van der Waals surface area (Å²) in [5.41, 5.74) is 2.34. The largest absolute Gasteiger partial charge is 0.742 e. The standard InChI is InChI=1S/C12H16OS.Fe/c1-9(2)7-10-5-3-4-6-11(10)8-12(13)14;/h3-6,9H,7-8H2,1-2H3,(H,13,14);/p-1. The van der Waals surface area contributed by atoms with Crippen LogP contribution in [0.25, 0.3) is 0 Å². The summed E-state index contributed by atoms with van der Waals surface area (Å²) < 4.78 is 0. The van der Waals surface area contributed by atoms with E-state index >= 15 is 0 Å². The monoisotopic (exact) mass is 263 g/mol. The molecule has 0 radical (unpaired) electrons. The maximum Gasteiger partial charge on any atom is 0.0163 e. The second kappa shape index (κ2) is 6.99. The second-order valence-electron chi connectivity index (χ2n) is 3.92. The average Bonchev–Trinajstić information content (AvgIpc) is 2.06. The van der Waals surface area contributed by atoms with Gasteiger partial charge in [-0.2, -0.15) is 0 Å². The van der Waals surface area contributed by atoms with Gasteiger partial charge in [-0.05, 0) is 23.5 Å². The zero-order valence-corrected chi connectivity index (χ0v) is 10.9. The van der Waals surface area contributed by atoms with Gasteiger partial charge < -0.3 is 17.4 Å². The first-order chi connectivity index (χ1) is 6.59. The smallest absolute Gasteiger partial charge is 0.0163 e. The van der Waals surface area contributed by atoms with Gasteiger partial charge in [-0.1, -0.05) is 38.1 Å². The Kier molecular flexibility index (Phi) is 6.82. The third-order valence-electron chi connectivity index (χ3n) is 2.08. The molecule has 0 atom stereocenters. The third-order valence-corrected chi connectivity index (χ3v) is 2.23. The van der Waals surface area contributed by atoms with Crippen LogP contribution < -0.4 is 0 Å². The SMILES string of the molecule is CC(C)Cc1ccccc1CC(=O)[S-].[Fe]. The van der Waals surface area contributed by atoms with Gasteiger partial charge >= 0.3 is 0 Å². The fourth-order valence-electron chi connectivity index (χ4n) is 1.52. The second-order valence-corrected chi connectivity index (χ2v) is 4.37. The van der Waals surface area contributed by atoms with E-state index in [9.17, 15) is 4.79 Å². The van der Waals surface area contributed by atoms with Crippen LogP contribution >= 0.6 is 0 Å². The van der Waals surface area contributed by atoms with Gasteiger partial charge in [0.25, 0.3) is 0 Å². The first-order valence-electron chi connectivity index (χ1n) is 4.86. The molecule has 0 N–H and O–H groups in total. The molecule has 0 saturated heterocycles. The molecule has 1 aromatic carbocycles. The maximum absolute atomic E-state index is 10.9. The van der Waals surface area contributed by atoms with Crippen molar-refractivity contribution in [2.24, 2.45) is 5.92 Å². The molecule has 0 aliphatic heterocycles. The summed E-state index contributed by atoms with van der Waals surface area (Å²) in [6.07, 6.45) is 1.40. The van der Waals surface area contributed by atoms with Gasteiger partial charge in [0, 0.05) is 28.6 Å². The van der Waals surface area contributed by atoms with Gasteiger partial charge in [0.1, 0.15) is 0 Å². The van der Waals surface area contributed by atoms with Crippen molar-refractivity contribution in [1.29, 1.82) is 0 Å². The minimum absolute atomic E-state index is 0. The quantitative estimate of drug-likeness (QED) is 0.613. The van der Waals surface area contributed by atoms with Crippen molar-refractivity contribution >= 4 is 17.7 Å². The molecule has 0 unspecified atom stereocenters. The van der Waals surface area contributed by atoms with Crippen LogP contribution in [0, 0.1) is 5.92 Å². The number of carbonyl (C=O) groups is 1. The normalized spacial score (nSPS) is 9.80. The molecule has 0 spiro atoms. The fraction of sp³-hybridized carbons (Fsp3) is 0.417. The third kappa shape index (κ3) is 5.31. The maximum atomic E-state index is 10.9. The molecule has 1 rings (SSSR count). The predicted molar refractivity (Wildman–Crippen MR) is 61.1 cm³/mol.